The van der Waals surface area contributed by atoms with Gasteiger partial charge in [-0.15, -0.1) is 0 Å². The van der Waals surface area contributed by atoms with Gasteiger partial charge in [-0.2, -0.15) is 15.6 Å². The molecule has 172 valence electrons. The van der Waals surface area contributed by atoms with Gasteiger partial charge in [-0.1, -0.05) is 0 Å². The third kappa shape index (κ3) is 4.74. The maximum Gasteiger partial charge on any atom is 0.406 e. The van der Waals surface area contributed by atoms with Crippen molar-refractivity contribution in [2.24, 2.45) is 5.92 Å². The maximum atomic E-state index is 12.6. The Morgan fingerprint density at radius 3 is 2.79 bits per heavy atom. The molecule has 0 radical (unpaired) electrons. The molecule has 3 N–H and O–H groups in total. The number of aromatic nitrogens is 3. The van der Waals surface area contributed by atoms with E-state index in [2.05, 4.69) is 32.1 Å². The largest absolute Gasteiger partial charge is 0.449 e. The maximum absolute atomic E-state index is 12.6. The van der Waals surface area contributed by atoms with Crippen LogP contribution in [0.1, 0.15) is 28.8 Å². The first kappa shape index (κ1) is 22.6. The van der Waals surface area contributed by atoms with Crippen LogP contribution in [-0.4, -0.2) is 52.8 Å². The van der Waals surface area contributed by atoms with Crippen LogP contribution in [-0.2, 0) is 4.74 Å². The second-order valence-corrected chi connectivity index (χ2v) is 7.89. The fourth-order valence-corrected chi connectivity index (χ4v) is 3.84. The van der Waals surface area contributed by atoms with Crippen molar-refractivity contribution in [1.82, 2.24) is 25.2 Å². The average Bonchev–Trinajstić information content (AvgIpc) is 3.26. The number of nitrogens with zero attached hydrogens (tertiary/aromatic N) is 5. The highest BCUT2D eigenvalue weighted by Crippen LogP contribution is 2.33. The van der Waals surface area contributed by atoms with Gasteiger partial charge in [0.1, 0.15) is 12.6 Å². The van der Waals surface area contributed by atoms with E-state index in [-0.39, 0.29) is 18.5 Å². The number of carbonyl (C=O) groups is 2. The minimum atomic E-state index is -0.457. The van der Waals surface area contributed by atoms with Crippen LogP contribution in [0.3, 0.4) is 0 Å². The summed E-state index contributed by atoms with van der Waals surface area (Å²) in [5.74, 6) is -0.168. The van der Waals surface area contributed by atoms with Gasteiger partial charge in [-0.05, 0) is 43.0 Å². The van der Waals surface area contributed by atoms with Crippen molar-refractivity contribution >= 4 is 23.2 Å². The molecule has 0 aromatic carbocycles. The van der Waals surface area contributed by atoms with E-state index in [1.165, 1.54) is 19.4 Å². The van der Waals surface area contributed by atoms with Crippen molar-refractivity contribution in [3.05, 3.63) is 47.8 Å². The number of amides is 2. The highest BCUT2D eigenvalue weighted by Gasteiger charge is 2.31. The van der Waals surface area contributed by atoms with E-state index in [4.69, 9.17) is 15.3 Å². The molecule has 0 saturated heterocycles. The fourth-order valence-electron chi connectivity index (χ4n) is 3.84. The van der Waals surface area contributed by atoms with Crippen molar-refractivity contribution in [2.45, 2.75) is 18.9 Å². The molecule has 3 heterocycles. The molecule has 1 fully saturated rings. The van der Waals surface area contributed by atoms with Gasteiger partial charge in [-0.3, -0.25) is 9.78 Å². The SMILES string of the molecule is CNC(=O)OCC1CC(Nc2cc(-c3ccc4cc(C#N)cnn34)ncc2C(=O)NCC#N)C1. The standard InChI is InChI=1S/C23H22N8O3/c1-26-23(33)34-13-14-6-16(7-14)30-19-9-20(28-12-18(19)22(32)27-5-4-24)21-3-2-17-8-15(10-25)11-29-31(17)21/h2-3,8-9,11-12,14,16H,5-7,13H2,1H3,(H,26,33)(H,27,32)(H,28,30). The van der Waals surface area contributed by atoms with E-state index >= 15 is 0 Å². The molecule has 11 heteroatoms. The van der Waals surface area contributed by atoms with E-state index in [1.807, 2.05) is 18.2 Å². The van der Waals surface area contributed by atoms with E-state index in [1.54, 1.807) is 16.6 Å². The molecule has 11 nitrogen and oxygen atoms in total. The Kier molecular flexibility index (Phi) is 6.55. The minimum Gasteiger partial charge on any atom is -0.449 e. The lowest BCUT2D eigenvalue weighted by Crippen LogP contribution is -2.39. The van der Waals surface area contributed by atoms with Crippen molar-refractivity contribution in [1.29, 1.82) is 10.5 Å². The van der Waals surface area contributed by atoms with Crippen LogP contribution in [0.4, 0.5) is 10.5 Å². The second kappa shape index (κ2) is 9.88. The molecule has 2 amide bonds. The molecular weight excluding hydrogens is 436 g/mol. The Bertz CT molecular complexity index is 1310. The Morgan fingerprint density at radius 2 is 2.06 bits per heavy atom. The topological polar surface area (TPSA) is 157 Å². The third-order valence-electron chi connectivity index (χ3n) is 5.62. The van der Waals surface area contributed by atoms with Crippen LogP contribution < -0.4 is 16.0 Å². The second-order valence-electron chi connectivity index (χ2n) is 7.89. The number of carbonyl (C=O) groups excluding carboxylic acids is 2. The predicted octanol–water partition coefficient (Wildman–Crippen LogP) is 2.07. The van der Waals surface area contributed by atoms with E-state index < -0.39 is 12.0 Å². The summed E-state index contributed by atoms with van der Waals surface area (Å²) in [6, 6.07) is 11.3. The molecule has 3 aromatic heterocycles. The number of ether oxygens (including phenoxy) is 1. The fraction of sp³-hybridized carbons (Fsp3) is 0.304. The van der Waals surface area contributed by atoms with Gasteiger partial charge in [0.05, 0.1) is 52.6 Å². The number of alkyl carbamates (subject to hydrolysis) is 1. The minimum absolute atomic E-state index is 0.0939. The number of rotatable bonds is 7. The summed E-state index contributed by atoms with van der Waals surface area (Å²) in [5.41, 5.74) is 3.41. The zero-order valence-electron chi connectivity index (χ0n) is 18.4. The van der Waals surface area contributed by atoms with Gasteiger partial charge in [-0.25, -0.2) is 9.31 Å². The molecule has 0 bridgehead atoms. The Balaban J connectivity index is 1.57. The normalized spacial score (nSPS) is 16.6. The molecule has 34 heavy (non-hydrogen) atoms. The molecule has 1 aliphatic rings. The lowest BCUT2D eigenvalue weighted by atomic mass is 9.80. The van der Waals surface area contributed by atoms with Crippen LogP contribution in [0.5, 0.6) is 0 Å². The van der Waals surface area contributed by atoms with Crippen LogP contribution >= 0.6 is 0 Å². The number of nitriles is 2. The van der Waals surface area contributed by atoms with Gasteiger partial charge < -0.3 is 20.7 Å². The van der Waals surface area contributed by atoms with Gasteiger partial charge in [0.2, 0.25) is 0 Å². The molecule has 1 aliphatic carbocycles. The van der Waals surface area contributed by atoms with Crippen molar-refractivity contribution in [3.8, 4) is 23.5 Å². The zero-order valence-corrected chi connectivity index (χ0v) is 18.4. The summed E-state index contributed by atoms with van der Waals surface area (Å²) in [6.07, 6.45) is 4.05. The summed E-state index contributed by atoms with van der Waals surface area (Å²) >= 11 is 0. The smallest absolute Gasteiger partial charge is 0.406 e. The quantitative estimate of drug-likeness (QED) is 0.454. The number of hydrogen-bond acceptors (Lipinski definition) is 8. The summed E-state index contributed by atoms with van der Waals surface area (Å²) in [6.45, 7) is 0.221. The highest BCUT2D eigenvalue weighted by atomic mass is 16.5. The van der Waals surface area contributed by atoms with E-state index in [0.717, 1.165) is 18.4 Å². The Hall–Kier alpha value is -4.64. The number of nitrogens with one attached hydrogen (secondary N) is 3. The number of anilines is 1. The number of pyridine rings is 1. The summed E-state index contributed by atoms with van der Waals surface area (Å²) in [7, 11) is 1.51. The first-order chi connectivity index (χ1) is 16.5. The average molecular weight is 458 g/mol. The van der Waals surface area contributed by atoms with Gasteiger partial charge in [0, 0.05) is 19.3 Å². The van der Waals surface area contributed by atoms with Crippen LogP contribution in [0.2, 0.25) is 0 Å². The monoisotopic (exact) mass is 458 g/mol. The Morgan fingerprint density at radius 1 is 1.24 bits per heavy atom. The van der Waals surface area contributed by atoms with E-state index in [9.17, 15) is 9.59 Å². The molecule has 0 atom stereocenters. The van der Waals surface area contributed by atoms with Crippen LogP contribution in [0.25, 0.3) is 16.9 Å². The van der Waals surface area contributed by atoms with E-state index in [0.29, 0.717) is 34.8 Å². The van der Waals surface area contributed by atoms with Crippen LogP contribution in [0, 0.1) is 28.6 Å². The van der Waals surface area contributed by atoms with Crippen molar-refractivity contribution < 1.29 is 14.3 Å². The number of fused-ring (bicyclic) bond motifs is 1. The molecule has 4 rings (SSSR count). The van der Waals surface area contributed by atoms with Crippen molar-refractivity contribution in [3.63, 3.8) is 0 Å². The highest BCUT2D eigenvalue weighted by molar-refractivity contribution is 6.00. The number of hydrogen-bond donors (Lipinski definition) is 3. The predicted molar refractivity (Wildman–Crippen MR) is 122 cm³/mol. The summed E-state index contributed by atoms with van der Waals surface area (Å²) in [5, 5.41) is 30.6. The molecule has 3 aromatic rings. The molecule has 0 aliphatic heterocycles. The van der Waals surface area contributed by atoms with Crippen molar-refractivity contribution in [2.75, 3.05) is 25.5 Å². The molecular formula is C23H22N8O3. The third-order valence-corrected chi connectivity index (χ3v) is 5.62. The van der Waals surface area contributed by atoms with Gasteiger partial charge >= 0.3 is 6.09 Å². The lowest BCUT2D eigenvalue weighted by Gasteiger charge is -2.36. The summed E-state index contributed by atoms with van der Waals surface area (Å²) < 4.78 is 6.79. The lowest BCUT2D eigenvalue weighted by molar-refractivity contribution is 0.0954. The first-order valence-corrected chi connectivity index (χ1v) is 10.7. The van der Waals surface area contributed by atoms with Gasteiger partial charge in [0.15, 0.2) is 0 Å². The molecule has 0 unspecified atom stereocenters. The Labute approximate surface area is 195 Å². The first-order valence-electron chi connectivity index (χ1n) is 10.7. The molecule has 1 saturated carbocycles. The summed E-state index contributed by atoms with van der Waals surface area (Å²) in [4.78, 5) is 28.3. The molecule has 0 spiro atoms. The van der Waals surface area contributed by atoms with Crippen LogP contribution in [0.15, 0.2) is 36.7 Å². The van der Waals surface area contributed by atoms with Gasteiger partial charge in [0.25, 0.3) is 5.91 Å². The zero-order chi connectivity index (χ0) is 24.1.